The molecular weight excluding hydrogens is 358 g/mol. The summed E-state index contributed by atoms with van der Waals surface area (Å²) in [5, 5.41) is 19.1. The summed E-state index contributed by atoms with van der Waals surface area (Å²) >= 11 is 0. The number of carbonyl (C=O) groups is 1. The molecule has 0 atom stereocenters. The van der Waals surface area contributed by atoms with E-state index in [1.807, 2.05) is 0 Å². The van der Waals surface area contributed by atoms with E-state index in [4.69, 9.17) is 9.47 Å². The van der Waals surface area contributed by atoms with Crippen LogP contribution in [-0.2, 0) is 4.79 Å². The number of ether oxygens (including phenoxy) is 2. The van der Waals surface area contributed by atoms with Gasteiger partial charge in [0.2, 0.25) is 0 Å². The fourth-order valence-corrected chi connectivity index (χ4v) is 2.81. The zero-order chi connectivity index (χ0) is 19.7. The van der Waals surface area contributed by atoms with E-state index >= 15 is 0 Å². The predicted octanol–water partition coefficient (Wildman–Crippen LogP) is 3.83. The molecule has 0 amide bonds. The minimum Gasteiger partial charge on any atom is -0.504 e. The molecule has 27 heavy (non-hydrogen) atoms. The number of benzene rings is 2. The first-order valence-electron chi connectivity index (χ1n) is 7.94. The molecule has 140 valence electrons. The molecule has 0 spiro atoms. The summed E-state index contributed by atoms with van der Waals surface area (Å²) in [4.78, 5) is 12.3. The Bertz CT molecular complexity index is 915. The number of aromatic hydroxyl groups is 2. The molecule has 1 aliphatic carbocycles. The van der Waals surface area contributed by atoms with E-state index in [0.717, 1.165) is 0 Å². The van der Waals surface area contributed by atoms with Gasteiger partial charge in [0.15, 0.2) is 40.4 Å². The Morgan fingerprint density at radius 1 is 0.852 bits per heavy atom. The molecule has 0 aliphatic heterocycles. The number of hydrogen-bond acceptors (Lipinski definition) is 5. The maximum Gasteiger partial charge on any atom is 0.197 e. The average Bonchev–Trinajstić information content (AvgIpc) is 2.64. The van der Waals surface area contributed by atoms with Crippen LogP contribution in [0.15, 0.2) is 35.4 Å². The number of methoxy groups -OCH3 is 2. The number of allylic oxidation sites excluding steroid dienone is 2. The van der Waals surface area contributed by atoms with Crippen molar-refractivity contribution >= 4 is 17.9 Å². The Balaban J connectivity index is 1.88. The third-order valence-electron chi connectivity index (χ3n) is 4.24. The van der Waals surface area contributed by atoms with E-state index in [0.29, 0.717) is 11.1 Å². The largest absolute Gasteiger partial charge is 0.504 e. The summed E-state index contributed by atoms with van der Waals surface area (Å²) in [6.45, 7) is 0. The normalized spacial score (nSPS) is 16.5. The predicted molar refractivity (Wildman–Crippen MR) is 94.8 cm³/mol. The van der Waals surface area contributed by atoms with Gasteiger partial charge in [0.05, 0.1) is 14.2 Å². The topological polar surface area (TPSA) is 76.0 Å². The van der Waals surface area contributed by atoms with Crippen molar-refractivity contribution < 1.29 is 33.3 Å². The first kappa shape index (κ1) is 18.4. The monoisotopic (exact) mass is 374 g/mol. The van der Waals surface area contributed by atoms with Gasteiger partial charge in [-0.1, -0.05) is 0 Å². The molecule has 1 saturated carbocycles. The Hall–Kier alpha value is -3.35. The molecule has 2 aromatic rings. The van der Waals surface area contributed by atoms with Crippen LogP contribution in [0.5, 0.6) is 23.0 Å². The molecule has 7 heteroatoms. The van der Waals surface area contributed by atoms with Crippen LogP contribution in [-0.4, -0.2) is 30.2 Å². The summed E-state index contributed by atoms with van der Waals surface area (Å²) < 4.78 is 38.1. The number of ketones is 1. The number of carbonyl (C=O) groups excluding carboxylic acids is 1. The second kappa shape index (κ2) is 7.11. The van der Waals surface area contributed by atoms with E-state index in [-0.39, 0.29) is 46.3 Å². The van der Waals surface area contributed by atoms with Gasteiger partial charge in [0.1, 0.15) is 0 Å². The number of hydrogen-bond donors (Lipinski definition) is 2. The lowest BCUT2D eigenvalue weighted by Crippen LogP contribution is -2.19. The van der Waals surface area contributed by atoms with Gasteiger partial charge >= 0.3 is 0 Å². The quantitative estimate of drug-likeness (QED) is 0.796. The van der Waals surface area contributed by atoms with Crippen LogP contribution in [0.3, 0.4) is 0 Å². The molecule has 0 radical (unpaired) electrons. The van der Waals surface area contributed by atoms with Crippen LogP contribution in [0.25, 0.3) is 12.2 Å². The lowest BCUT2D eigenvalue weighted by molar-refractivity contribution is -0.114. The zero-order valence-electron chi connectivity index (χ0n) is 14.5. The lowest BCUT2D eigenvalue weighted by atomic mass is 9.82. The minimum atomic E-state index is -0.774. The van der Waals surface area contributed by atoms with Crippen molar-refractivity contribution in [2.45, 2.75) is 6.42 Å². The third kappa shape index (κ3) is 3.23. The fourth-order valence-electron chi connectivity index (χ4n) is 2.81. The molecule has 0 saturated heterocycles. The molecule has 2 N–H and O–H groups in total. The first-order valence-corrected chi connectivity index (χ1v) is 7.94. The standard InChI is InChI=1S/C20H16F2O5/c1-26-19-14(23)5-3-10(16(19)21)7-12-9-13(18(12)25)8-11-4-6-15(24)20(27-2)17(11)22/h3-8,23-24H,9H2,1-2H3/b12-7+,13-8+. The highest BCUT2D eigenvalue weighted by Gasteiger charge is 2.28. The van der Waals surface area contributed by atoms with Gasteiger partial charge in [0, 0.05) is 28.7 Å². The number of phenols is 2. The van der Waals surface area contributed by atoms with Crippen LogP contribution in [0.4, 0.5) is 8.78 Å². The summed E-state index contributed by atoms with van der Waals surface area (Å²) in [5.41, 5.74) is 0.896. The molecule has 0 heterocycles. The van der Waals surface area contributed by atoms with Crippen molar-refractivity contribution in [2.75, 3.05) is 14.2 Å². The lowest BCUT2D eigenvalue weighted by Gasteiger charge is -2.20. The summed E-state index contributed by atoms with van der Waals surface area (Å²) in [6, 6.07) is 5.21. The van der Waals surface area contributed by atoms with E-state index in [9.17, 15) is 23.8 Å². The van der Waals surface area contributed by atoms with Gasteiger partial charge in [-0.25, -0.2) is 8.78 Å². The molecule has 1 fully saturated rings. The Morgan fingerprint density at radius 3 is 1.59 bits per heavy atom. The number of phenolic OH excluding ortho intramolecular Hbond substituents is 2. The molecule has 0 bridgehead atoms. The maximum atomic E-state index is 14.3. The molecule has 5 nitrogen and oxygen atoms in total. The highest BCUT2D eigenvalue weighted by molar-refractivity contribution is 6.20. The van der Waals surface area contributed by atoms with Crippen LogP contribution in [0.2, 0.25) is 0 Å². The minimum absolute atomic E-state index is 0.101. The van der Waals surface area contributed by atoms with E-state index in [1.165, 1.54) is 50.6 Å². The Labute approximate surface area is 153 Å². The number of halogens is 2. The Kier molecular flexibility index (Phi) is 4.85. The van der Waals surface area contributed by atoms with Gasteiger partial charge in [-0.15, -0.1) is 0 Å². The smallest absolute Gasteiger partial charge is 0.197 e. The van der Waals surface area contributed by atoms with Gasteiger partial charge in [-0.2, -0.15) is 0 Å². The van der Waals surface area contributed by atoms with E-state index in [1.54, 1.807) is 0 Å². The van der Waals surface area contributed by atoms with Gasteiger partial charge in [-0.3, -0.25) is 4.79 Å². The first-order chi connectivity index (χ1) is 12.9. The van der Waals surface area contributed by atoms with E-state index in [2.05, 4.69) is 0 Å². The molecule has 0 aromatic heterocycles. The Morgan fingerprint density at radius 2 is 1.26 bits per heavy atom. The number of rotatable bonds is 4. The van der Waals surface area contributed by atoms with E-state index < -0.39 is 11.6 Å². The van der Waals surface area contributed by atoms with Gasteiger partial charge < -0.3 is 19.7 Å². The maximum absolute atomic E-state index is 14.3. The molecular formula is C20H16F2O5. The number of Topliss-reactive ketones (excluding diaryl/α,β-unsaturated/α-hetero) is 1. The summed E-state index contributed by atoms with van der Waals surface area (Å²) in [7, 11) is 2.45. The van der Waals surface area contributed by atoms with Crippen molar-refractivity contribution in [3.63, 3.8) is 0 Å². The summed E-state index contributed by atoms with van der Waals surface area (Å²) in [6.07, 6.45) is 2.96. The average molecular weight is 374 g/mol. The molecule has 1 aliphatic rings. The van der Waals surface area contributed by atoms with Crippen LogP contribution >= 0.6 is 0 Å². The third-order valence-corrected chi connectivity index (χ3v) is 4.24. The van der Waals surface area contributed by atoms with Crippen molar-refractivity contribution in [2.24, 2.45) is 0 Å². The molecule has 0 unspecified atom stereocenters. The fraction of sp³-hybridized carbons (Fsp3) is 0.150. The van der Waals surface area contributed by atoms with Crippen LogP contribution in [0, 0.1) is 11.6 Å². The second-order valence-corrected chi connectivity index (χ2v) is 5.89. The second-order valence-electron chi connectivity index (χ2n) is 5.89. The van der Waals surface area contributed by atoms with Crippen molar-refractivity contribution in [1.82, 2.24) is 0 Å². The molecule has 3 rings (SSSR count). The molecule has 2 aromatic carbocycles. The van der Waals surface area contributed by atoms with Crippen molar-refractivity contribution in [1.29, 1.82) is 0 Å². The van der Waals surface area contributed by atoms with Gasteiger partial charge in [0.25, 0.3) is 0 Å². The zero-order valence-corrected chi connectivity index (χ0v) is 14.5. The highest BCUT2D eigenvalue weighted by atomic mass is 19.1. The van der Waals surface area contributed by atoms with Crippen LogP contribution < -0.4 is 9.47 Å². The highest BCUT2D eigenvalue weighted by Crippen LogP contribution is 2.37. The van der Waals surface area contributed by atoms with Crippen molar-refractivity contribution in [3.8, 4) is 23.0 Å². The summed E-state index contributed by atoms with van der Waals surface area (Å²) in [5.74, 6) is -3.17. The van der Waals surface area contributed by atoms with Crippen molar-refractivity contribution in [3.05, 3.63) is 58.2 Å². The van der Waals surface area contributed by atoms with Crippen LogP contribution in [0.1, 0.15) is 17.5 Å². The van der Waals surface area contributed by atoms with Gasteiger partial charge in [-0.05, 0) is 36.4 Å². The SMILES string of the molecule is COc1c(O)ccc(/C=C2\C/C(=C\c3ccc(O)c(OC)c3F)C2=O)c1F.